The summed E-state index contributed by atoms with van der Waals surface area (Å²) in [4.78, 5) is 0. The van der Waals surface area contributed by atoms with Crippen LogP contribution < -0.4 is 24.0 Å². The minimum Gasteiger partial charge on any atom is -1.00 e. The number of hydrogen-bond donors (Lipinski definition) is 0. The van der Waals surface area contributed by atoms with Crippen LogP contribution in [0.5, 0.6) is 0 Å². The van der Waals surface area contributed by atoms with Crippen molar-refractivity contribution < 1.29 is 24.0 Å². The second-order valence-electron chi connectivity index (χ2n) is 14.8. The van der Waals surface area contributed by atoms with E-state index in [-0.39, 0.29) is 24.0 Å². The fourth-order valence-electron chi connectivity index (χ4n) is 7.35. The highest BCUT2D eigenvalue weighted by molar-refractivity contribution is 7.75. The van der Waals surface area contributed by atoms with Crippen molar-refractivity contribution in [3.8, 4) is 0 Å². The Morgan fingerprint density at radius 3 is 0.545 bits per heavy atom. The fourth-order valence-corrected chi connectivity index (χ4v) is 12.3. The van der Waals surface area contributed by atoms with Crippen LogP contribution in [0.15, 0.2) is 0 Å². The van der Waals surface area contributed by atoms with Gasteiger partial charge < -0.3 is 24.0 Å². The molecule has 0 aliphatic heterocycles. The summed E-state index contributed by atoms with van der Waals surface area (Å²) in [6.07, 6.45) is 57.1. The maximum Gasteiger partial charge on any atom is 0.0594 e. The lowest BCUT2D eigenvalue weighted by Gasteiger charge is -2.28. The van der Waals surface area contributed by atoms with Gasteiger partial charge in [-0.25, -0.2) is 0 Å². The van der Waals surface area contributed by atoms with Crippen LogP contribution >= 0.6 is 7.26 Å². The van der Waals surface area contributed by atoms with Crippen molar-refractivity contribution in [3.63, 3.8) is 0 Å². The molecule has 0 aromatic rings. The topological polar surface area (TPSA) is 0 Å². The van der Waals surface area contributed by atoms with E-state index in [0.29, 0.717) is 0 Å². The van der Waals surface area contributed by atoms with Crippen LogP contribution in [0.25, 0.3) is 0 Å². The van der Waals surface area contributed by atoms with Crippen LogP contribution in [0.3, 0.4) is 0 Å². The van der Waals surface area contributed by atoms with Crippen molar-refractivity contribution in [3.05, 3.63) is 0 Å². The average Bonchev–Trinajstić information content (AvgIpc) is 3.01. The van der Waals surface area contributed by atoms with Crippen LogP contribution in [0.2, 0.25) is 0 Å². The van der Waals surface area contributed by atoms with Gasteiger partial charge in [0.25, 0.3) is 0 Å². The first-order valence-corrected chi connectivity index (χ1v) is 23.6. The standard InChI is InChI=1S/C42H88P.HI/c1-5-9-13-15-17-19-21-23-25-27-29-31-33-37-41-43(39-35-11-7-3,40-36-12-8-4)42-38-34-32-30-28-26-24-22-20-18-16-14-10-6-2;/h5-42H2,1-4H3;1H/q+1;/p-1. The zero-order valence-corrected chi connectivity index (χ0v) is 34.7. The van der Waals surface area contributed by atoms with E-state index in [2.05, 4.69) is 27.7 Å². The summed E-state index contributed by atoms with van der Waals surface area (Å²) in [6.45, 7) is 9.44. The number of unbranched alkanes of at least 4 members (excludes halogenated alkanes) is 30. The summed E-state index contributed by atoms with van der Waals surface area (Å²) >= 11 is 0. The SMILES string of the molecule is CCCCCCCCCCCCCCCC[P+](CCCCC)(CCCCC)CCCCCCCCCCCCCCCC.[I-]. The summed E-state index contributed by atoms with van der Waals surface area (Å²) < 4.78 is 0. The summed E-state index contributed by atoms with van der Waals surface area (Å²) in [5, 5.41) is 0. The Bertz CT molecular complexity index is 448. The predicted octanol–water partition coefficient (Wildman–Crippen LogP) is 13.4. The Labute approximate surface area is 300 Å². The zero-order valence-electron chi connectivity index (χ0n) is 31.7. The Morgan fingerprint density at radius 1 is 0.205 bits per heavy atom. The molecule has 0 aliphatic carbocycles. The third-order valence-electron chi connectivity index (χ3n) is 10.4. The quantitative estimate of drug-likeness (QED) is 0.0335. The van der Waals surface area contributed by atoms with Gasteiger partial charge in [0.2, 0.25) is 0 Å². The molecule has 0 rings (SSSR count). The van der Waals surface area contributed by atoms with Gasteiger partial charge >= 0.3 is 0 Å². The van der Waals surface area contributed by atoms with Gasteiger partial charge in [-0.05, 0) is 38.5 Å². The van der Waals surface area contributed by atoms with E-state index in [1.807, 2.05) is 0 Å². The van der Waals surface area contributed by atoms with E-state index in [1.165, 1.54) is 205 Å². The van der Waals surface area contributed by atoms with Gasteiger partial charge in [-0.1, -0.05) is 207 Å². The molecule has 0 nitrogen and oxygen atoms in total. The minimum atomic E-state index is -0.725. The third-order valence-corrected chi connectivity index (χ3v) is 15.5. The van der Waals surface area contributed by atoms with Gasteiger partial charge in [0, 0.05) is 7.26 Å². The van der Waals surface area contributed by atoms with Gasteiger partial charge in [-0.3, -0.25) is 0 Å². The molecule has 0 fully saturated rings. The molecule has 0 saturated heterocycles. The molecule has 0 aromatic heterocycles. The van der Waals surface area contributed by atoms with E-state index in [0.717, 1.165) is 0 Å². The molecule has 0 spiro atoms. The highest BCUT2D eigenvalue weighted by atomic mass is 127. The lowest BCUT2D eigenvalue weighted by molar-refractivity contribution is -0.00000974. The van der Waals surface area contributed by atoms with E-state index in [1.54, 1.807) is 37.5 Å². The molecule has 0 aliphatic rings. The van der Waals surface area contributed by atoms with E-state index in [9.17, 15) is 0 Å². The highest BCUT2D eigenvalue weighted by Crippen LogP contribution is 2.61. The monoisotopic (exact) mass is 751 g/mol. The van der Waals surface area contributed by atoms with Crippen LogP contribution in [0, 0.1) is 0 Å². The van der Waals surface area contributed by atoms with Crippen molar-refractivity contribution in [1.82, 2.24) is 0 Å². The number of hydrogen-bond acceptors (Lipinski definition) is 0. The normalized spacial score (nSPS) is 11.7. The van der Waals surface area contributed by atoms with Gasteiger partial charge in [0.1, 0.15) is 0 Å². The summed E-state index contributed by atoms with van der Waals surface area (Å²) in [5.41, 5.74) is 0. The molecule has 0 bridgehead atoms. The summed E-state index contributed by atoms with van der Waals surface area (Å²) in [6, 6.07) is 0. The molecule has 0 heterocycles. The zero-order chi connectivity index (χ0) is 31.4. The van der Waals surface area contributed by atoms with Crippen molar-refractivity contribution in [1.29, 1.82) is 0 Å². The first-order valence-electron chi connectivity index (χ1n) is 21.1. The largest absolute Gasteiger partial charge is 1.00 e. The molecule has 0 N–H and O–H groups in total. The maximum atomic E-state index is 2.40. The Balaban J connectivity index is 0. The van der Waals surface area contributed by atoms with Gasteiger partial charge in [0.05, 0.1) is 24.6 Å². The second kappa shape index (κ2) is 40.3. The summed E-state index contributed by atoms with van der Waals surface area (Å²) in [5.74, 6) is 0. The van der Waals surface area contributed by atoms with E-state index in [4.69, 9.17) is 0 Å². The van der Waals surface area contributed by atoms with Gasteiger partial charge in [-0.15, -0.1) is 0 Å². The lowest BCUT2D eigenvalue weighted by atomic mass is 10.0. The molecule has 0 atom stereocenters. The molecule has 0 unspecified atom stereocenters. The van der Waals surface area contributed by atoms with Gasteiger partial charge in [-0.2, -0.15) is 0 Å². The molecular weight excluding hydrogens is 662 g/mol. The molecule has 268 valence electrons. The Kier molecular flexibility index (Phi) is 43.3. The second-order valence-corrected chi connectivity index (χ2v) is 19.3. The van der Waals surface area contributed by atoms with Crippen LogP contribution in [-0.4, -0.2) is 24.6 Å². The number of halogens is 1. The van der Waals surface area contributed by atoms with Crippen molar-refractivity contribution in [2.75, 3.05) is 24.6 Å². The third kappa shape index (κ3) is 34.5. The molecule has 0 saturated carbocycles. The van der Waals surface area contributed by atoms with Crippen molar-refractivity contribution in [2.45, 2.75) is 246 Å². The molecule has 0 aromatic carbocycles. The fraction of sp³-hybridized carbons (Fsp3) is 1.00. The predicted molar refractivity (Wildman–Crippen MR) is 206 cm³/mol. The molecular formula is C42H88IP. The average molecular weight is 751 g/mol. The smallest absolute Gasteiger partial charge is 0.0594 e. The Morgan fingerprint density at radius 2 is 0.341 bits per heavy atom. The lowest BCUT2D eigenvalue weighted by Crippen LogP contribution is -3.00. The Hall–Kier alpha value is 1.16. The van der Waals surface area contributed by atoms with E-state index >= 15 is 0 Å². The first kappa shape index (κ1) is 47.3. The summed E-state index contributed by atoms with van der Waals surface area (Å²) in [7, 11) is -0.725. The molecule has 2 heteroatoms. The van der Waals surface area contributed by atoms with Gasteiger partial charge in [0.15, 0.2) is 0 Å². The molecule has 0 radical (unpaired) electrons. The maximum absolute atomic E-state index is 2.40. The number of rotatable bonds is 38. The molecule has 0 amide bonds. The minimum absolute atomic E-state index is 0. The van der Waals surface area contributed by atoms with E-state index < -0.39 is 7.26 Å². The molecule has 44 heavy (non-hydrogen) atoms. The van der Waals surface area contributed by atoms with Crippen molar-refractivity contribution >= 4 is 7.26 Å². The first-order chi connectivity index (χ1) is 21.2. The van der Waals surface area contributed by atoms with Crippen LogP contribution in [-0.2, 0) is 0 Å². The van der Waals surface area contributed by atoms with Crippen LogP contribution in [0.1, 0.15) is 246 Å². The highest BCUT2D eigenvalue weighted by Gasteiger charge is 2.34. The van der Waals surface area contributed by atoms with Crippen molar-refractivity contribution in [2.24, 2.45) is 0 Å². The van der Waals surface area contributed by atoms with Crippen LogP contribution in [0.4, 0.5) is 0 Å².